The predicted octanol–water partition coefficient (Wildman–Crippen LogP) is 4.05. The molecule has 0 saturated heterocycles. The zero-order valence-corrected chi connectivity index (χ0v) is 9.39. The van der Waals surface area contributed by atoms with Crippen molar-refractivity contribution in [1.82, 2.24) is 0 Å². The van der Waals surface area contributed by atoms with Gasteiger partial charge in [-0.05, 0) is 35.4 Å². The minimum Gasteiger partial charge on any atom is -0.453 e. The van der Waals surface area contributed by atoms with Crippen molar-refractivity contribution in [3.8, 4) is 11.1 Å². The topological polar surface area (TPSA) is 30.2 Å². The summed E-state index contributed by atoms with van der Waals surface area (Å²) in [5, 5.41) is 0.878. The maximum atomic E-state index is 12.8. The summed E-state index contributed by atoms with van der Waals surface area (Å²) in [4.78, 5) is 10.6. The molecule has 2 nitrogen and oxygen atoms in total. The van der Waals surface area contributed by atoms with Crippen LogP contribution in [0.15, 0.2) is 52.9 Å². The normalized spacial score (nSPS) is 10.7. The number of rotatable bonds is 2. The predicted molar refractivity (Wildman–Crippen MR) is 67.0 cm³/mol. The van der Waals surface area contributed by atoms with Crippen molar-refractivity contribution in [2.24, 2.45) is 0 Å². The van der Waals surface area contributed by atoms with E-state index in [0.717, 1.165) is 16.5 Å². The van der Waals surface area contributed by atoms with Gasteiger partial charge in [-0.25, -0.2) is 4.39 Å². The Hall–Kier alpha value is -2.42. The molecule has 0 bridgehead atoms. The van der Waals surface area contributed by atoms with Crippen LogP contribution in [0, 0.1) is 5.82 Å². The molecule has 0 spiro atoms. The third-order valence-electron chi connectivity index (χ3n) is 2.83. The van der Waals surface area contributed by atoms with Crippen LogP contribution in [-0.4, -0.2) is 6.29 Å². The fraction of sp³-hybridized carbons (Fsp3) is 0. The van der Waals surface area contributed by atoms with Crippen LogP contribution in [0.3, 0.4) is 0 Å². The molecule has 3 heteroatoms. The van der Waals surface area contributed by atoms with E-state index in [9.17, 15) is 9.18 Å². The van der Waals surface area contributed by atoms with Crippen molar-refractivity contribution in [1.29, 1.82) is 0 Å². The summed E-state index contributed by atoms with van der Waals surface area (Å²) in [7, 11) is 0. The van der Waals surface area contributed by atoms with Gasteiger partial charge in [0.2, 0.25) is 0 Å². The Morgan fingerprint density at radius 3 is 2.39 bits per heavy atom. The van der Waals surface area contributed by atoms with Gasteiger partial charge in [-0.3, -0.25) is 4.79 Å². The number of carbonyl (C=O) groups excluding carboxylic acids is 1. The van der Waals surface area contributed by atoms with Crippen LogP contribution in [0.5, 0.6) is 0 Å². The molecule has 1 aromatic heterocycles. The Kier molecular flexibility index (Phi) is 2.45. The van der Waals surface area contributed by atoms with Crippen LogP contribution in [-0.2, 0) is 0 Å². The first kappa shape index (κ1) is 10.7. The molecule has 0 N–H and O–H groups in total. The van der Waals surface area contributed by atoms with E-state index in [1.54, 1.807) is 18.2 Å². The van der Waals surface area contributed by atoms with Gasteiger partial charge in [-0.1, -0.05) is 24.3 Å². The molecular weight excluding hydrogens is 231 g/mol. The highest BCUT2D eigenvalue weighted by Gasteiger charge is 2.05. The third kappa shape index (κ3) is 1.80. The first-order valence-corrected chi connectivity index (χ1v) is 5.51. The van der Waals surface area contributed by atoms with Gasteiger partial charge in [-0.15, -0.1) is 0 Å². The molecule has 88 valence electrons. The van der Waals surface area contributed by atoms with Gasteiger partial charge < -0.3 is 4.42 Å². The molecule has 1 heterocycles. The molecule has 0 saturated carbocycles. The largest absolute Gasteiger partial charge is 0.453 e. The zero-order valence-electron chi connectivity index (χ0n) is 9.39. The van der Waals surface area contributed by atoms with Crippen LogP contribution in [0.4, 0.5) is 4.39 Å². The molecule has 18 heavy (non-hydrogen) atoms. The molecule has 0 fully saturated rings. The molecule has 0 aliphatic heterocycles. The van der Waals surface area contributed by atoms with E-state index < -0.39 is 0 Å². The molecule has 2 aromatic carbocycles. The lowest BCUT2D eigenvalue weighted by molar-refractivity contribution is 0.110. The van der Waals surface area contributed by atoms with Crippen LogP contribution in [0.25, 0.3) is 22.1 Å². The SMILES string of the molecule is O=Cc1cc2ccc(-c3ccc(F)cc3)cc2o1. The Labute approximate surface area is 103 Å². The van der Waals surface area contributed by atoms with Crippen molar-refractivity contribution in [2.45, 2.75) is 0 Å². The Morgan fingerprint density at radius 1 is 0.944 bits per heavy atom. The minimum atomic E-state index is -0.263. The summed E-state index contributed by atoms with van der Waals surface area (Å²) in [6, 6.07) is 13.6. The molecule has 3 rings (SSSR count). The van der Waals surface area contributed by atoms with E-state index in [1.165, 1.54) is 12.1 Å². The fourth-order valence-corrected chi connectivity index (χ4v) is 1.93. The number of fused-ring (bicyclic) bond motifs is 1. The highest BCUT2D eigenvalue weighted by atomic mass is 19.1. The number of furan rings is 1. The van der Waals surface area contributed by atoms with Gasteiger partial charge >= 0.3 is 0 Å². The van der Waals surface area contributed by atoms with Crippen LogP contribution in [0.1, 0.15) is 10.6 Å². The summed E-state index contributed by atoms with van der Waals surface area (Å²) in [6.07, 6.45) is 0.678. The van der Waals surface area contributed by atoms with Crippen molar-refractivity contribution < 1.29 is 13.6 Å². The lowest BCUT2D eigenvalue weighted by Crippen LogP contribution is -1.78. The van der Waals surface area contributed by atoms with E-state index in [1.807, 2.05) is 18.2 Å². The fourth-order valence-electron chi connectivity index (χ4n) is 1.93. The first-order valence-electron chi connectivity index (χ1n) is 5.51. The van der Waals surface area contributed by atoms with Crippen LogP contribution in [0.2, 0.25) is 0 Å². The monoisotopic (exact) mass is 240 g/mol. The van der Waals surface area contributed by atoms with Crippen LogP contribution < -0.4 is 0 Å². The first-order chi connectivity index (χ1) is 8.76. The molecule has 0 aliphatic rings. The van der Waals surface area contributed by atoms with Gasteiger partial charge in [0.05, 0.1) is 0 Å². The Bertz CT molecular complexity index is 711. The molecule has 0 radical (unpaired) electrons. The summed E-state index contributed by atoms with van der Waals surface area (Å²) in [5.41, 5.74) is 2.48. The van der Waals surface area contributed by atoms with Crippen molar-refractivity contribution in [3.63, 3.8) is 0 Å². The molecule has 3 aromatic rings. The third-order valence-corrected chi connectivity index (χ3v) is 2.83. The van der Waals surface area contributed by atoms with Crippen molar-refractivity contribution >= 4 is 17.3 Å². The highest BCUT2D eigenvalue weighted by molar-refractivity contribution is 5.88. The van der Waals surface area contributed by atoms with Gasteiger partial charge in [0.15, 0.2) is 12.0 Å². The standard InChI is InChI=1S/C15H9FO2/c16-13-5-3-10(4-6-13)11-1-2-12-7-14(9-17)18-15(12)8-11/h1-9H. The number of halogens is 1. The van der Waals surface area contributed by atoms with E-state index in [4.69, 9.17) is 4.42 Å². The van der Waals surface area contributed by atoms with E-state index >= 15 is 0 Å². The van der Waals surface area contributed by atoms with E-state index in [2.05, 4.69) is 0 Å². The number of aldehydes is 1. The summed E-state index contributed by atoms with van der Waals surface area (Å²) in [5.74, 6) is 0.0438. The maximum Gasteiger partial charge on any atom is 0.185 e. The molecule has 0 amide bonds. The van der Waals surface area contributed by atoms with Gasteiger partial charge in [-0.2, -0.15) is 0 Å². The second-order valence-corrected chi connectivity index (χ2v) is 4.03. The minimum absolute atomic E-state index is 0.263. The highest BCUT2D eigenvalue weighted by Crippen LogP contribution is 2.26. The number of hydrogen-bond acceptors (Lipinski definition) is 2. The van der Waals surface area contributed by atoms with Crippen molar-refractivity contribution in [3.05, 3.63) is 60.1 Å². The number of benzene rings is 2. The summed E-state index contributed by atoms with van der Waals surface area (Å²) >= 11 is 0. The van der Waals surface area contributed by atoms with E-state index in [0.29, 0.717) is 17.6 Å². The number of carbonyl (C=O) groups is 1. The lowest BCUT2D eigenvalue weighted by atomic mass is 10.0. The molecule has 0 aliphatic carbocycles. The van der Waals surface area contributed by atoms with E-state index in [-0.39, 0.29) is 5.82 Å². The average Bonchev–Trinajstić information content (AvgIpc) is 2.81. The second kappa shape index (κ2) is 4.11. The summed E-state index contributed by atoms with van der Waals surface area (Å²) < 4.78 is 18.2. The van der Waals surface area contributed by atoms with Gasteiger partial charge in [0.25, 0.3) is 0 Å². The average molecular weight is 240 g/mol. The quantitative estimate of drug-likeness (QED) is 0.632. The van der Waals surface area contributed by atoms with Crippen molar-refractivity contribution in [2.75, 3.05) is 0 Å². The molecule has 0 atom stereocenters. The lowest BCUT2D eigenvalue weighted by Gasteiger charge is -2.01. The Balaban J connectivity index is 2.12. The molecule has 0 unspecified atom stereocenters. The Morgan fingerprint density at radius 2 is 1.67 bits per heavy atom. The smallest absolute Gasteiger partial charge is 0.185 e. The van der Waals surface area contributed by atoms with Crippen LogP contribution >= 0.6 is 0 Å². The summed E-state index contributed by atoms with van der Waals surface area (Å²) in [6.45, 7) is 0. The van der Waals surface area contributed by atoms with Gasteiger partial charge in [0.1, 0.15) is 11.4 Å². The van der Waals surface area contributed by atoms with Gasteiger partial charge in [0, 0.05) is 5.39 Å². The maximum absolute atomic E-state index is 12.8. The second-order valence-electron chi connectivity index (χ2n) is 4.03. The zero-order chi connectivity index (χ0) is 12.5. The number of hydrogen-bond donors (Lipinski definition) is 0. The molecular formula is C15H9FO2.